The van der Waals surface area contributed by atoms with Gasteiger partial charge in [-0.3, -0.25) is 9.58 Å². The van der Waals surface area contributed by atoms with Crippen LogP contribution in [0.4, 0.5) is 8.78 Å². The van der Waals surface area contributed by atoms with Gasteiger partial charge in [0.05, 0.1) is 5.69 Å². The molecule has 0 amide bonds. The van der Waals surface area contributed by atoms with Crippen LogP contribution in [0.5, 0.6) is 0 Å². The normalized spacial score (nSPS) is 25.9. The van der Waals surface area contributed by atoms with E-state index in [1.807, 2.05) is 13.1 Å². The molecule has 0 radical (unpaired) electrons. The van der Waals surface area contributed by atoms with Gasteiger partial charge in [0, 0.05) is 45.2 Å². The summed E-state index contributed by atoms with van der Waals surface area (Å²) in [6, 6.07) is 1.93. The summed E-state index contributed by atoms with van der Waals surface area (Å²) in [6.45, 7) is 3.24. The molecule has 16 heavy (non-hydrogen) atoms. The van der Waals surface area contributed by atoms with Gasteiger partial charge in [-0.25, -0.2) is 8.78 Å². The van der Waals surface area contributed by atoms with Crippen molar-refractivity contribution in [1.29, 1.82) is 0 Å². The molecule has 3 nitrogen and oxygen atoms in total. The zero-order chi connectivity index (χ0) is 11.8. The molecule has 1 aromatic rings. The lowest BCUT2D eigenvalue weighted by Crippen LogP contribution is -2.45. The first kappa shape index (κ1) is 11.5. The highest BCUT2D eigenvalue weighted by Crippen LogP contribution is 2.33. The third-order valence-corrected chi connectivity index (χ3v) is 3.32. The highest BCUT2D eigenvalue weighted by molar-refractivity contribution is 5.00. The number of rotatable bonds is 2. The fraction of sp³-hybridized carbons (Fsp3) is 0.727. The van der Waals surface area contributed by atoms with Crippen molar-refractivity contribution >= 4 is 0 Å². The molecule has 90 valence electrons. The first-order valence-electron chi connectivity index (χ1n) is 5.56. The van der Waals surface area contributed by atoms with Crippen molar-refractivity contribution in [2.24, 2.45) is 13.0 Å². The van der Waals surface area contributed by atoms with E-state index >= 15 is 0 Å². The molecular formula is C11H17F2N3. The molecule has 5 heteroatoms. The summed E-state index contributed by atoms with van der Waals surface area (Å²) in [5.74, 6) is -3.06. The summed E-state index contributed by atoms with van der Waals surface area (Å²) in [4.78, 5) is 2.07. The van der Waals surface area contributed by atoms with Gasteiger partial charge in [0.2, 0.25) is 0 Å². The summed E-state index contributed by atoms with van der Waals surface area (Å²) >= 11 is 0. The molecule has 2 rings (SSSR count). The molecule has 0 N–H and O–H groups in total. The van der Waals surface area contributed by atoms with Crippen LogP contribution in [-0.2, 0) is 13.6 Å². The van der Waals surface area contributed by atoms with Crippen LogP contribution in [0.2, 0.25) is 0 Å². The molecular weight excluding hydrogens is 212 g/mol. The minimum absolute atomic E-state index is 0.0357. The monoisotopic (exact) mass is 229 g/mol. The first-order chi connectivity index (χ1) is 7.49. The second-order valence-corrected chi connectivity index (χ2v) is 4.59. The van der Waals surface area contributed by atoms with Gasteiger partial charge in [-0.15, -0.1) is 0 Å². The fourth-order valence-corrected chi connectivity index (χ4v) is 2.09. The predicted octanol–water partition coefficient (Wildman–Crippen LogP) is 1.90. The van der Waals surface area contributed by atoms with E-state index in [2.05, 4.69) is 10.00 Å². The maximum absolute atomic E-state index is 13.3. The van der Waals surface area contributed by atoms with E-state index in [1.165, 1.54) is 0 Å². The number of aromatic nitrogens is 2. The molecule has 0 bridgehead atoms. The van der Waals surface area contributed by atoms with Crippen LogP contribution < -0.4 is 0 Å². The molecule has 1 atom stereocenters. The number of halogens is 2. The van der Waals surface area contributed by atoms with E-state index in [9.17, 15) is 8.78 Å². The summed E-state index contributed by atoms with van der Waals surface area (Å²) in [7, 11) is 1.87. The van der Waals surface area contributed by atoms with Crippen molar-refractivity contribution in [3.8, 4) is 0 Å². The Bertz CT molecular complexity index is 362. The Morgan fingerprint density at radius 2 is 2.31 bits per heavy atom. The van der Waals surface area contributed by atoms with Crippen molar-refractivity contribution < 1.29 is 8.78 Å². The molecule has 0 aromatic carbocycles. The van der Waals surface area contributed by atoms with Crippen LogP contribution in [0.1, 0.15) is 19.0 Å². The predicted molar refractivity (Wildman–Crippen MR) is 57.2 cm³/mol. The molecule has 1 aliphatic heterocycles. The fourth-order valence-electron chi connectivity index (χ4n) is 2.09. The maximum atomic E-state index is 13.3. The van der Waals surface area contributed by atoms with Gasteiger partial charge in [0.25, 0.3) is 5.92 Å². The van der Waals surface area contributed by atoms with Crippen LogP contribution in [0.25, 0.3) is 0 Å². The van der Waals surface area contributed by atoms with Crippen molar-refractivity contribution in [2.45, 2.75) is 25.8 Å². The average molecular weight is 229 g/mol. The SMILES string of the molecule is CC1CN(Cc2ccnn2C)CCC1(F)F. The van der Waals surface area contributed by atoms with Gasteiger partial charge < -0.3 is 0 Å². The number of hydrogen-bond donors (Lipinski definition) is 0. The van der Waals surface area contributed by atoms with Gasteiger partial charge in [0.1, 0.15) is 0 Å². The largest absolute Gasteiger partial charge is 0.297 e. The van der Waals surface area contributed by atoms with Crippen LogP contribution in [0.15, 0.2) is 12.3 Å². The Morgan fingerprint density at radius 1 is 1.56 bits per heavy atom. The molecule has 0 aliphatic carbocycles. The van der Waals surface area contributed by atoms with Gasteiger partial charge in [-0.2, -0.15) is 5.10 Å². The second-order valence-electron chi connectivity index (χ2n) is 4.59. The maximum Gasteiger partial charge on any atom is 0.253 e. The number of piperidine rings is 1. The molecule has 1 aliphatic rings. The van der Waals surface area contributed by atoms with E-state index in [4.69, 9.17) is 0 Å². The smallest absolute Gasteiger partial charge is 0.253 e. The van der Waals surface area contributed by atoms with Crippen LogP contribution in [-0.4, -0.2) is 33.7 Å². The van der Waals surface area contributed by atoms with Gasteiger partial charge in [0.15, 0.2) is 0 Å². The minimum atomic E-state index is -2.50. The third-order valence-electron chi connectivity index (χ3n) is 3.32. The van der Waals surface area contributed by atoms with Crippen molar-refractivity contribution in [3.63, 3.8) is 0 Å². The summed E-state index contributed by atoms with van der Waals surface area (Å²) in [5, 5.41) is 4.07. The number of hydrogen-bond acceptors (Lipinski definition) is 2. The van der Waals surface area contributed by atoms with Gasteiger partial charge in [-0.1, -0.05) is 6.92 Å². The lowest BCUT2D eigenvalue weighted by Gasteiger charge is -2.36. The summed E-state index contributed by atoms with van der Waals surface area (Å²) in [6.07, 6.45) is 1.70. The minimum Gasteiger partial charge on any atom is -0.297 e. The standard InChI is InChI=1S/C11H17F2N3/c1-9-7-16(6-4-11(9,12)13)8-10-3-5-14-15(10)2/h3,5,9H,4,6-8H2,1-2H3. The lowest BCUT2D eigenvalue weighted by molar-refractivity contribution is -0.101. The van der Waals surface area contributed by atoms with Gasteiger partial charge >= 0.3 is 0 Å². The topological polar surface area (TPSA) is 21.1 Å². The number of aryl methyl sites for hydroxylation is 1. The Morgan fingerprint density at radius 3 is 2.88 bits per heavy atom. The van der Waals surface area contributed by atoms with Crippen LogP contribution in [0.3, 0.4) is 0 Å². The van der Waals surface area contributed by atoms with E-state index in [-0.39, 0.29) is 6.42 Å². The first-order valence-corrected chi connectivity index (χ1v) is 5.56. The zero-order valence-corrected chi connectivity index (χ0v) is 9.66. The number of nitrogens with zero attached hydrogens (tertiary/aromatic N) is 3. The summed E-state index contributed by atoms with van der Waals surface area (Å²) in [5.41, 5.74) is 1.07. The third kappa shape index (κ3) is 2.24. The van der Waals surface area contributed by atoms with Crippen molar-refractivity contribution in [1.82, 2.24) is 14.7 Å². The summed E-state index contributed by atoms with van der Waals surface area (Å²) < 4.78 is 28.4. The molecule has 1 fully saturated rings. The van der Waals surface area contributed by atoms with Crippen molar-refractivity contribution in [3.05, 3.63) is 18.0 Å². The Hall–Kier alpha value is -0.970. The lowest BCUT2D eigenvalue weighted by atomic mass is 9.95. The number of likely N-dealkylation sites (tertiary alicyclic amines) is 1. The molecule has 1 aromatic heterocycles. The van der Waals surface area contributed by atoms with Crippen molar-refractivity contribution in [2.75, 3.05) is 13.1 Å². The Labute approximate surface area is 94.0 Å². The van der Waals surface area contributed by atoms with Crippen LogP contribution in [0, 0.1) is 5.92 Å². The number of alkyl halides is 2. The molecule has 0 spiro atoms. The highest BCUT2D eigenvalue weighted by atomic mass is 19.3. The zero-order valence-electron chi connectivity index (χ0n) is 9.66. The van der Waals surface area contributed by atoms with E-state index in [0.717, 1.165) is 5.69 Å². The molecule has 1 saturated heterocycles. The highest BCUT2D eigenvalue weighted by Gasteiger charge is 2.40. The van der Waals surface area contributed by atoms with E-state index in [1.54, 1.807) is 17.8 Å². The Balaban J connectivity index is 1.96. The molecule has 1 unspecified atom stereocenters. The van der Waals surface area contributed by atoms with Gasteiger partial charge in [-0.05, 0) is 6.07 Å². The molecule has 2 heterocycles. The van der Waals surface area contributed by atoms with Crippen LogP contribution >= 0.6 is 0 Å². The second kappa shape index (κ2) is 4.13. The Kier molecular flexibility index (Phi) is 2.97. The van der Waals surface area contributed by atoms with E-state index < -0.39 is 11.8 Å². The average Bonchev–Trinajstić information content (AvgIpc) is 2.59. The molecule has 0 saturated carbocycles. The quantitative estimate of drug-likeness (QED) is 0.772. The van der Waals surface area contributed by atoms with E-state index in [0.29, 0.717) is 19.6 Å².